The van der Waals surface area contributed by atoms with Gasteiger partial charge in [0.1, 0.15) is 6.54 Å². The van der Waals surface area contributed by atoms with Crippen molar-refractivity contribution in [3.63, 3.8) is 0 Å². The molecule has 1 aliphatic rings. The maximum Gasteiger partial charge on any atom is 0.317 e. The van der Waals surface area contributed by atoms with Crippen molar-refractivity contribution >= 4 is 17.6 Å². The molecule has 0 aliphatic heterocycles. The van der Waals surface area contributed by atoms with E-state index in [2.05, 4.69) is 22.8 Å². The fourth-order valence-electron chi connectivity index (χ4n) is 3.06. The highest BCUT2D eigenvalue weighted by Gasteiger charge is 2.39. The zero-order valence-corrected chi connectivity index (χ0v) is 15.5. The fraction of sp³-hybridized carbons (Fsp3) is 0.333. The molecule has 136 valence electrons. The largest absolute Gasteiger partial charge is 0.335 e. The van der Waals surface area contributed by atoms with Gasteiger partial charge in [0.25, 0.3) is 0 Å². The third kappa shape index (κ3) is 4.23. The first kappa shape index (κ1) is 18.0. The van der Waals surface area contributed by atoms with E-state index in [1.807, 2.05) is 50.2 Å². The minimum atomic E-state index is -0.218. The van der Waals surface area contributed by atoms with Crippen LogP contribution in [0.4, 0.5) is 10.5 Å². The number of benzene rings is 2. The topological polar surface area (TPSA) is 61.4 Å². The van der Waals surface area contributed by atoms with E-state index in [9.17, 15) is 9.59 Å². The second kappa shape index (κ2) is 7.60. The number of urea groups is 1. The van der Waals surface area contributed by atoms with Crippen LogP contribution < -0.4 is 10.6 Å². The summed E-state index contributed by atoms with van der Waals surface area (Å²) in [5, 5.41) is 5.88. The van der Waals surface area contributed by atoms with Crippen LogP contribution in [0.15, 0.2) is 48.5 Å². The summed E-state index contributed by atoms with van der Waals surface area (Å²) >= 11 is 0. The molecule has 1 fully saturated rings. The van der Waals surface area contributed by atoms with Gasteiger partial charge in [-0.3, -0.25) is 4.79 Å². The van der Waals surface area contributed by atoms with Crippen molar-refractivity contribution in [1.29, 1.82) is 0 Å². The van der Waals surface area contributed by atoms with Gasteiger partial charge >= 0.3 is 6.03 Å². The van der Waals surface area contributed by atoms with Crippen LogP contribution in [0.1, 0.15) is 29.0 Å². The first-order valence-electron chi connectivity index (χ1n) is 8.88. The molecule has 3 amide bonds. The number of nitrogens with one attached hydrogen (secondary N) is 2. The maximum absolute atomic E-state index is 12.3. The van der Waals surface area contributed by atoms with E-state index in [4.69, 9.17) is 0 Å². The van der Waals surface area contributed by atoms with Gasteiger partial charge in [0.2, 0.25) is 5.91 Å². The Morgan fingerprint density at radius 1 is 1.08 bits per heavy atom. The van der Waals surface area contributed by atoms with E-state index in [-0.39, 0.29) is 24.5 Å². The molecular formula is C21H25N3O2. The highest BCUT2D eigenvalue weighted by molar-refractivity contribution is 5.95. The van der Waals surface area contributed by atoms with Crippen molar-refractivity contribution < 1.29 is 9.59 Å². The van der Waals surface area contributed by atoms with Crippen LogP contribution in [0.25, 0.3) is 0 Å². The predicted molar refractivity (Wildman–Crippen MR) is 103 cm³/mol. The molecule has 0 aromatic heterocycles. The van der Waals surface area contributed by atoms with Crippen molar-refractivity contribution in [2.75, 3.05) is 18.9 Å². The van der Waals surface area contributed by atoms with E-state index in [1.54, 1.807) is 7.05 Å². The number of amides is 3. The second-order valence-corrected chi connectivity index (χ2v) is 6.96. The van der Waals surface area contributed by atoms with Gasteiger partial charge < -0.3 is 15.5 Å². The van der Waals surface area contributed by atoms with Gasteiger partial charge in [-0.15, -0.1) is 0 Å². The highest BCUT2D eigenvalue weighted by Crippen LogP contribution is 2.40. The quantitative estimate of drug-likeness (QED) is 0.867. The lowest BCUT2D eigenvalue weighted by atomic mass is 10.1. The fourth-order valence-corrected chi connectivity index (χ4v) is 3.06. The van der Waals surface area contributed by atoms with E-state index >= 15 is 0 Å². The van der Waals surface area contributed by atoms with Crippen LogP contribution in [0.3, 0.4) is 0 Å². The zero-order valence-electron chi connectivity index (χ0n) is 15.5. The Morgan fingerprint density at radius 3 is 2.54 bits per heavy atom. The van der Waals surface area contributed by atoms with Gasteiger partial charge in [0.15, 0.2) is 0 Å². The van der Waals surface area contributed by atoms with Crippen LogP contribution in [0.5, 0.6) is 0 Å². The number of rotatable bonds is 5. The van der Waals surface area contributed by atoms with Crippen molar-refractivity contribution in [2.45, 2.75) is 32.2 Å². The highest BCUT2D eigenvalue weighted by atomic mass is 16.2. The maximum atomic E-state index is 12.3. The summed E-state index contributed by atoms with van der Waals surface area (Å²) in [4.78, 5) is 26.0. The number of anilines is 1. The van der Waals surface area contributed by atoms with Gasteiger partial charge in [-0.2, -0.15) is 0 Å². The zero-order chi connectivity index (χ0) is 18.7. The Labute approximate surface area is 154 Å². The molecular weight excluding hydrogens is 326 g/mol. The standard InChI is InChI=1S/C21H25N3O2/c1-14-8-7-11-18(15(14)2)22-20(25)13-24(3)21(26)23-19-12-17(19)16-9-5-4-6-10-16/h4-11,17,19H,12-13H2,1-3H3,(H,22,25)(H,23,26)/t17-,19-/m0/s1. The van der Waals surface area contributed by atoms with Crippen LogP contribution in [-0.4, -0.2) is 36.5 Å². The van der Waals surface area contributed by atoms with E-state index in [1.165, 1.54) is 10.5 Å². The van der Waals surface area contributed by atoms with Gasteiger partial charge in [-0.25, -0.2) is 4.79 Å². The summed E-state index contributed by atoms with van der Waals surface area (Å²) in [6.07, 6.45) is 0.943. The Balaban J connectivity index is 1.48. The van der Waals surface area contributed by atoms with Crippen LogP contribution in [0.2, 0.25) is 0 Å². The molecule has 0 heterocycles. The molecule has 0 saturated heterocycles. The van der Waals surface area contributed by atoms with Gasteiger partial charge in [-0.05, 0) is 43.0 Å². The molecule has 3 rings (SSSR count). The summed E-state index contributed by atoms with van der Waals surface area (Å²) in [6.45, 7) is 3.99. The molecule has 0 spiro atoms. The summed E-state index contributed by atoms with van der Waals surface area (Å²) in [7, 11) is 1.64. The molecule has 2 N–H and O–H groups in total. The summed E-state index contributed by atoms with van der Waals surface area (Å²) in [5.74, 6) is 0.170. The Bertz CT molecular complexity index is 804. The van der Waals surface area contributed by atoms with Crippen LogP contribution in [-0.2, 0) is 4.79 Å². The summed E-state index contributed by atoms with van der Waals surface area (Å²) in [6, 6.07) is 15.9. The monoisotopic (exact) mass is 351 g/mol. The van der Waals surface area contributed by atoms with E-state index in [0.717, 1.165) is 23.2 Å². The number of aryl methyl sites for hydroxylation is 1. The normalized spacial score (nSPS) is 18.1. The van der Waals surface area contributed by atoms with E-state index in [0.29, 0.717) is 5.92 Å². The average molecular weight is 351 g/mol. The third-order valence-corrected chi connectivity index (χ3v) is 4.93. The molecule has 2 aromatic carbocycles. The molecule has 0 radical (unpaired) electrons. The molecule has 5 nitrogen and oxygen atoms in total. The number of hydrogen-bond acceptors (Lipinski definition) is 2. The smallest absolute Gasteiger partial charge is 0.317 e. The Morgan fingerprint density at radius 2 is 1.81 bits per heavy atom. The first-order valence-corrected chi connectivity index (χ1v) is 8.88. The van der Waals surface area contributed by atoms with E-state index < -0.39 is 0 Å². The lowest BCUT2D eigenvalue weighted by Crippen LogP contribution is -2.42. The Kier molecular flexibility index (Phi) is 5.26. The molecule has 5 heteroatoms. The van der Waals surface area contributed by atoms with Gasteiger partial charge in [0.05, 0.1) is 0 Å². The number of hydrogen-bond donors (Lipinski definition) is 2. The molecule has 1 aliphatic carbocycles. The number of carbonyl (C=O) groups excluding carboxylic acids is 2. The molecule has 1 saturated carbocycles. The van der Waals surface area contributed by atoms with Crippen molar-refractivity contribution in [1.82, 2.24) is 10.2 Å². The van der Waals surface area contributed by atoms with Crippen LogP contribution >= 0.6 is 0 Å². The predicted octanol–water partition coefficient (Wildman–Crippen LogP) is 3.44. The van der Waals surface area contributed by atoms with Crippen LogP contribution in [0, 0.1) is 13.8 Å². The van der Waals surface area contributed by atoms with Crippen molar-refractivity contribution in [3.05, 3.63) is 65.2 Å². The number of carbonyl (C=O) groups is 2. The molecule has 2 aromatic rings. The SMILES string of the molecule is Cc1cccc(NC(=O)CN(C)C(=O)N[C@H]2C[C@H]2c2ccccc2)c1C. The average Bonchev–Trinajstić information content (AvgIpc) is 3.38. The lowest BCUT2D eigenvalue weighted by Gasteiger charge is -2.18. The Hall–Kier alpha value is -2.82. The first-order chi connectivity index (χ1) is 12.5. The number of likely N-dealkylation sites (N-methyl/N-ethyl adjacent to an activating group) is 1. The third-order valence-electron chi connectivity index (χ3n) is 4.93. The minimum Gasteiger partial charge on any atom is -0.335 e. The molecule has 26 heavy (non-hydrogen) atoms. The number of nitrogens with zero attached hydrogens (tertiary/aromatic N) is 1. The minimum absolute atomic E-state index is 0.0158. The second-order valence-electron chi connectivity index (χ2n) is 6.96. The van der Waals surface area contributed by atoms with Crippen molar-refractivity contribution in [2.24, 2.45) is 0 Å². The molecule has 2 atom stereocenters. The van der Waals surface area contributed by atoms with Gasteiger partial charge in [-0.1, -0.05) is 42.5 Å². The summed E-state index contributed by atoms with van der Waals surface area (Å²) in [5.41, 5.74) is 4.19. The summed E-state index contributed by atoms with van der Waals surface area (Å²) < 4.78 is 0. The van der Waals surface area contributed by atoms with Gasteiger partial charge in [0, 0.05) is 24.7 Å². The molecule has 0 bridgehead atoms. The lowest BCUT2D eigenvalue weighted by molar-refractivity contribution is -0.116. The van der Waals surface area contributed by atoms with Crippen molar-refractivity contribution in [3.8, 4) is 0 Å². The molecule has 0 unspecified atom stereocenters.